The number of methoxy groups -OCH3 is 1. The van der Waals surface area contributed by atoms with Gasteiger partial charge in [0.1, 0.15) is 0 Å². The van der Waals surface area contributed by atoms with Crippen LogP contribution in [0.3, 0.4) is 0 Å². The van der Waals surface area contributed by atoms with E-state index in [0.717, 1.165) is 12.8 Å². The Hall–Kier alpha value is -0.620. The molecule has 0 saturated heterocycles. The summed E-state index contributed by atoms with van der Waals surface area (Å²) in [6.07, 6.45) is 2.76. The standard InChI is InChI=1S/C11H21NO4S/c1-3-12(9-10-6-7-10)17(14,15)8-4-5-11(13)16-2/h10H,3-9H2,1-2H3. The van der Waals surface area contributed by atoms with Gasteiger partial charge in [0.2, 0.25) is 10.0 Å². The Morgan fingerprint density at radius 3 is 2.53 bits per heavy atom. The van der Waals surface area contributed by atoms with Crippen LogP contribution in [0.25, 0.3) is 0 Å². The lowest BCUT2D eigenvalue weighted by molar-refractivity contribution is -0.140. The van der Waals surface area contributed by atoms with E-state index in [1.165, 1.54) is 11.4 Å². The van der Waals surface area contributed by atoms with Crippen LogP contribution in [0.1, 0.15) is 32.6 Å². The fraction of sp³-hybridized carbons (Fsp3) is 0.909. The van der Waals surface area contributed by atoms with Crippen molar-refractivity contribution in [2.75, 3.05) is 26.0 Å². The highest BCUT2D eigenvalue weighted by atomic mass is 32.2. The van der Waals surface area contributed by atoms with Crippen molar-refractivity contribution < 1.29 is 17.9 Å². The Morgan fingerprint density at radius 2 is 2.06 bits per heavy atom. The molecule has 0 amide bonds. The Kier molecular flexibility index (Phi) is 5.39. The van der Waals surface area contributed by atoms with Gasteiger partial charge in [-0.1, -0.05) is 6.92 Å². The first-order valence-electron chi connectivity index (χ1n) is 6.04. The van der Waals surface area contributed by atoms with Crippen molar-refractivity contribution >= 4 is 16.0 Å². The molecule has 1 saturated carbocycles. The van der Waals surface area contributed by atoms with E-state index in [2.05, 4.69) is 4.74 Å². The maximum Gasteiger partial charge on any atom is 0.305 e. The third-order valence-corrected chi connectivity index (χ3v) is 4.91. The number of carbonyl (C=O) groups is 1. The van der Waals surface area contributed by atoms with Gasteiger partial charge in [0.25, 0.3) is 0 Å². The van der Waals surface area contributed by atoms with Gasteiger partial charge in [-0.2, -0.15) is 0 Å². The molecule has 17 heavy (non-hydrogen) atoms. The van der Waals surface area contributed by atoms with Crippen molar-refractivity contribution in [2.45, 2.75) is 32.6 Å². The molecule has 0 aromatic heterocycles. The summed E-state index contributed by atoms with van der Waals surface area (Å²) in [7, 11) is -1.90. The highest BCUT2D eigenvalue weighted by Gasteiger charge is 2.29. The van der Waals surface area contributed by atoms with Crippen molar-refractivity contribution in [2.24, 2.45) is 5.92 Å². The molecule has 0 aromatic carbocycles. The quantitative estimate of drug-likeness (QED) is 0.613. The zero-order valence-electron chi connectivity index (χ0n) is 10.5. The lowest BCUT2D eigenvalue weighted by atomic mass is 10.3. The Balaban J connectivity index is 2.38. The summed E-state index contributed by atoms with van der Waals surface area (Å²) in [5.41, 5.74) is 0. The second-order valence-electron chi connectivity index (χ2n) is 4.39. The minimum Gasteiger partial charge on any atom is -0.469 e. The number of sulfonamides is 1. The molecule has 0 aromatic rings. The highest BCUT2D eigenvalue weighted by Crippen LogP contribution is 2.30. The largest absolute Gasteiger partial charge is 0.469 e. The third-order valence-electron chi connectivity index (χ3n) is 2.92. The van der Waals surface area contributed by atoms with E-state index in [-0.39, 0.29) is 18.1 Å². The SMILES string of the molecule is CCN(CC1CC1)S(=O)(=O)CCCC(=O)OC. The summed E-state index contributed by atoms with van der Waals surface area (Å²) in [5.74, 6) is 0.221. The van der Waals surface area contributed by atoms with Crippen molar-refractivity contribution in [3.63, 3.8) is 0 Å². The lowest BCUT2D eigenvalue weighted by Crippen LogP contribution is -2.34. The summed E-state index contributed by atoms with van der Waals surface area (Å²) in [6.45, 7) is 2.99. The van der Waals surface area contributed by atoms with Crippen LogP contribution in [0.15, 0.2) is 0 Å². The molecule has 100 valence electrons. The molecular weight excluding hydrogens is 242 g/mol. The number of esters is 1. The smallest absolute Gasteiger partial charge is 0.305 e. The number of carbonyl (C=O) groups excluding carboxylic acids is 1. The average molecular weight is 263 g/mol. The normalized spacial score (nSPS) is 16.2. The van der Waals surface area contributed by atoms with Crippen LogP contribution in [0.4, 0.5) is 0 Å². The topological polar surface area (TPSA) is 63.7 Å². The van der Waals surface area contributed by atoms with E-state index in [4.69, 9.17) is 0 Å². The summed E-state index contributed by atoms with van der Waals surface area (Å²) in [6, 6.07) is 0. The van der Waals surface area contributed by atoms with E-state index < -0.39 is 10.0 Å². The molecule has 0 atom stereocenters. The summed E-state index contributed by atoms with van der Waals surface area (Å²) >= 11 is 0. The minimum absolute atomic E-state index is 0.0304. The Labute approximate surface area is 103 Å². The molecule has 1 rings (SSSR count). The molecule has 1 aliphatic rings. The predicted octanol–water partition coefficient (Wildman–Crippen LogP) is 1.00. The average Bonchev–Trinajstić information content (AvgIpc) is 3.08. The number of rotatable bonds is 8. The first-order valence-corrected chi connectivity index (χ1v) is 7.65. The van der Waals surface area contributed by atoms with Gasteiger partial charge in [0.15, 0.2) is 0 Å². The van der Waals surface area contributed by atoms with Crippen molar-refractivity contribution in [3.05, 3.63) is 0 Å². The number of hydrogen-bond acceptors (Lipinski definition) is 4. The lowest BCUT2D eigenvalue weighted by Gasteiger charge is -2.20. The summed E-state index contributed by atoms with van der Waals surface area (Å²) in [5, 5.41) is 0. The van der Waals surface area contributed by atoms with Gasteiger partial charge in [-0.05, 0) is 25.2 Å². The van der Waals surface area contributed by atoms with Crippen molar-refractivity contribution in [1.29, 1.82) is 0 Å². The number of ether oxygens (including phenoxy) is 1. The van der Waals surface area contributed by atoms with E-state index in [0.29, 0.717) is 25.4 Å². The molecule has 0 spiro atoms. The Bertz CT molecular complexity index is 348. The van der Waals surface area contributed by atoms with Crippen LogP contribution in [-0.4, -0.2) is 44.6 Å². The van der Waals surface area contributed by atoms with Crippen LogP contribution in [-0.2, 0) is 19.6 Å². The number of nitrogens with zero attached hydrogens (tertiary/aromatic N) is 1. The minimum atomic E-state index is -3.21. The zero-order valence-corrected chi connectivity index (χ0v) is 11.3. The summed E-state index contributed by atoms with van der Waals surface area (Å²) in [4.78, 5) is 10.9. The fourth-order valence-corrected chi connectivity index (χ4v) is 3.26. The monoisotopic (exact) mass is 263 g/mol. The van der Waals surface area contributed by atoms with Crippen LogP contribution < -0.4 is 0 Å². The second-order valence-corrected chi connectivity index (χ2v) is 6.48. The fourth-order valence-electron chi connectivity index (χ4n) is 1.66. The van der Waals surface area contributed by atoms with Crippen molar-refractivity contribution in [3.8, 4) is 0 Å². The molecule has 5 nitrogen and oxygen atoms in total. The second kappa shape index (κ2) is 6.35. The highest BCUT2D eigenvalue weighted by molar-refractivity contribution is 7.89. The van der Waals surface area contributed by atoms with Crippen LogP contribution in [0.5, 0.6) is 0 Å². The molecule has 1 aliphatic carbocycles. The van der Waals surface area contributed by atoms with Crippen LogP contribution in [0, 0.1) is 5.92 Å². The molecule has 0 bridgehead atoms. The van der Waals surface area contributed by atoms with Gasteiger partial charge in [0.05, 0.1) is 12.9 Å². The van der Waals surface area contributed by atoms with Crippen LogP contribution in [0.2, 0.25) is 0 Å². The van der Waals surface area contributed by atoms with Gasteiger partial charge >= 0.3 is 5.97 Å². The molecule has 0 aliphatic heterocycles. The van der Waals surface area contributed by atoms with Gasteiger partial charge in [0, 0.05) is 19.5 Å². The molecule has 1 fully saturated rings. The predicted molar refractivity (Wildman–Crippen MR) is 65.0 cm³/mol. The molecule has 0 N–H and O–H groups in total. The van der Waals surface area contributed by atoms with Gasteiger partial charge < -0.3 is 4.74 Å². The Morgan fingerprint density at radius 1 is 1.41 bits per heavy atom. The molecule has 0 radical (unpaired) electrons. The first-order chi connectivity index (χ1) is 7.99. The van der Waals surface area contributed by atoms with E-state index >= 15 is 0 Å². The van der Waals surface area contributed by atoms with Gasteiger partial charge in [-0.3, -0.25) is 4.79 Å². The summed E-state index contributed by atoms with van der Waals surface area (Å²) < 4.78 is 29.9. The molecule has 0 heterocycles. The van der Waals surface area contributed by atoms with Crippen molar-refractivity contribution in [1.82, 2.24) is 4.31 Å². The first kappa shape index (κ1) is 14.4. The van der Waals surface area contributed by atoms with Crippen LogP contribution >= 0.6 is 0 Å². The molecular formula is C11H21NO4S. The van der Waals surface area contributed by atoms with Gasteiger partial charge in [-0.25, -0.2) is 12.7 Å². The maximum atomic E-state index is 12.0. The van der Waals surface area contributed by atoms with E-state index in [1.54, 1.807) is 0 Å². The molecule has 0 unspecified atom stereocenters. The van der Waals surface area contributed by atoms with E-state index in [1.807, 2.05) is 6.92 Å². The van der Waals surface area contributed by atoms with Gasteiger partial charge in [-0.15, -0.1) is 0 Å². The maximum absolute atomic E-state index is 12.0. The molecule has 6 heteroatoms. The zero-order chi connectivity index (χ0) is 12.9. The van der Waals surface area contributed by atoms with E-state index in [9.17, 15) is 13.2 Å². The number of hydrogen-bond donors (Lipinski definition) is 0. The third kappa shape index (κ3) is 5.04.